The first-order valence-corrected chi connectivity index (χ1v) is 9.06. The monoisotopic (exact) mass is 370 g/mol. The number of hydrogen-bond acceptors (Lipinski definition) is 5. The molecule has 2 aromatic carbocycles. The molecule has 0 spiro atoms. The highest BCUT2D eigenvalue weighted by Gasteiger charge is 2.34. The van der Waals surface area contributed by atoms with Gasteiger partial charge < -0.3 is 4.74 Å². The lowest BCUT2D eigenvalue weighted by molar-refractivity contribution is -0.140. The van der Waals surface area contributed by atoms with E-state index in [0.717, 1.165) is 0 Å². The average Bonchev–Trinajstić information content (AvgIpc) is 2.94. The molecular formula is C19H15FN2O3S. The van der Waals surface area contributed by atoms with E-state index in [1.165, 1.54) is 40.6 Å². The molecule has 4 rings (SSSR count). The Labute approximate surface area is 152 Å². The molecule has 26 heavy (non-hydrogen) atoms. The normalized spacial score (nSPS) is 19.7. The summed E-state index contributed by atoms with van der Waals surface area (Å²) in [5.74, 6) is -0.700. The smallest absolute Gasteiger partial charge is 0.319 e. The minimum Gasteiger partial charge on any atom is -0.462 e. The highest BCUT2D eigenvalue weighted by atomic mass is 32.2. The zero-order valence-corrected chi connectivity index (χ0v) is 14.7. The van der Waals surface area contributed by atoms with E-state index in [2.05, 4.69) is 4.98 Å². The molecular weight excluding hydrogens is 355 g/mol. The van der Waals surface area contributed by atoms with Crippen LogP contribution in [0.4, 0.5) is 4.39 Å². The van der Waals surface area contributed by atoms with Crippen LogP contribution in [0, 0.1) is 5.82 Å². The maximum Gasteiger partial charge on any atom is 0.319 e. The number of nitrogens with zero attached hydrogens (tertiary/aromatic N) is 2. The summed E-state index contributed by atoms with van der Waals surface area (Å²) in [5.41, 5.74) is 0.790. The molecule has 0 saturated carbocycles. The van der Waals surface area contributed by atoms with E-state index in [0.29, 0.717) is 28.2 Å². The van der Waals surface area contributed by atoms with Gasteiger partial charge in [0.05, 0.1) is 16.6 Å². The van der Waals surface area contributed by atoms with E-state index in [1.54, 1.807) is 24.3 Å². The van der Waals surface area contributed by atoms with Crippen molar-refractivity contribution >= 4 is 28.6 Å². The number of rotatable bonds is 3. The maximum absolute atomic E-state index is 13.3. The van der Waals surface area contributed by atoms with Crippen molar-refractivity contribution in [3.8, 4) is 5.69 Å². The highest BCUT2D eigenvalue weighted by Crippen LogP contribution is 2.32. The first-order chi connectivity index (χ1) is 12.5. The molecule has 3 aromatic rings. The minimum absolute atomic E-state index is 0.161. The van der Waals surface area contributed by atoms with Crippen LogP contribution in [0.5, 0.6) is 0 Å². The number of hydrogen-bond donors (Lipinski definition) is 0. The summed E-state index contributed by atoms with van der Waals surface area (Å²) in [6.45, 7) is 1.83. The van der Waals surface area contributed by atoms with E-state index in [-0.39, 0.29) is 17.6 Å². The Hall–Kier alpha value is -2.67. The van der Waals surface area contributed by atoms with Crippen LogP contribution in [0.1, 0.15) is 13.3 Å². The van der Waals surface area contributed by atoms with E-state index >= 15 is 0 Å². The van der Waals surface area contributed by atoms with E-state index in [1.807, 2.05) is 6.92 Å². The average molecular weight is 370 g/mol. The second kappa shape index (κ2) is 6.57. The van der Waals surface area contributed by atoms with Gasteiger partial charge in [0.25, 0.3) is 5.56 Å². The number of thioether (sulfide) groups is 1. The van der Waals surface area contributed by atoms with Crippen molar-refractivity contribution in [3.63, 3.8) is 0 Å². The SMILES string of the molecule is C[C@H]1C[C@H](Sc2nc3ccccc3c(=O)n2-c2ccc(F)cc2)C(=O)O1. The maximum atomic E-state index is 13.3. The third-order valence-electron chi connectivity index (χ3n) is 4.20. The zero-order chi connectivity index (χ0) is 18.3. The zero-order valence-electron chi connectivity index (χ0n) is 13.9. The van der Waals surface area contributed by atoms with Crippen LogP contribution in [0.25, 0.3) is 16.6 Å². The van der Waals surface area contributed by atoms with Crippen molar-refractivity contribution in [1.82, 2.24) is 9.55 Å². The Morgan fingerprint density at radius 1 is 1.15 bits per heavy atom. The lowest BCUT2D eigenvalue weighted by Gasteiger charge is -2.14. The molecule has 2 heterocycles. The van der Waals surface area contributed by atoms with E-state index in [4.69, 9.17) is 4.74 Å². The van der Waals surface area contributed by atoms with Crippen LogP contribution >= 0.6 is 11.8 Å². The van der Waals surface area contributed by atoms with Crippen molar-refractivity contribution in [2.45, 2.75) is 29.9 Å². The fourth-order valence-corrected chi connectivity index (χ4v) is 4.17. The van der Waals surface area contributed by atoms with Gasteiger partial charge in [-0.2, -0.15) is 0 Å². The number of aromatic nitrogens is 2. The van der Waals surface area contributed by atoms with Gasteiger partial charge in [-0.1, -0.05) is 23.9 Å². The molecule has 1 saturated heterocycles. The third kappa shape index (κ3) is 2.99. The van der Waals surface area contributed by atoms with Crippen molar-refractivity contribution in [3.05, 3.63) is 64.7 Å². The second-order valence-electron chi connectivity index (χ2n) is 6.12. The van der Waals surface area contributed by atoms with Crippen LogP contribution in [-0.4, -0.2) is 26.9 Å². The Balaban J connectivity index is 1.89. The molecule has 0 N–H and O–H groups in total. The first-order valence-electron chi connectivity index (χ1n) is 8.18. The fourth-order valence-electron chi connectivity index (χ4n) is 2.95. The number of benzene rings is 2. The van der Waals surface area contributed by atoms with E-state index < -0.39 is 11.1 Å². The van der Waals surface area contributed by atoms with Crippen molar-refractivity contribution in [1.29, 1.82) is 0 Å². The van der Waals surface area contributed by atoms with Crippen LogP contribution in [0.2, 0.25) is 0 Å². The van der Waals surface area contributed by atoms with Crippen LogP contribution in [0.3, 0.4) is 0 Å². The number of cyclic esters (lactones) is 1. The standard InChI is InChI=1S/C19H15FN2O3S/c1-11-10-16(18(24)25-11)26-19-21-15-5-3-2-4-14(15)17(23)22(19)13-8-6-12(20)7-9-13/h2-9,11,16H,10H2,1H3/t11-,16-/m0/s1. The number of para-hydroxylation sites is 1. The van der Waals surface area contributed by atoms with Gasteiger partial charge >= 0.3 is 5.97 Å². The Morgan fingerprint density at radius 3 is 2.58 bits per heavy atom. The summed E-state index contributed by atoms with van der Waals surface area (Å²) in [6.07, 6.45) is 0.391. The van der Waals surface area contributed by atoms with Gasteiger partial charge in [-0.25, -0.2) is 9.37 Å². The summed E-state index contributed by atoms with van der Waals surface area (Å²) < 4.78 is 19.9. The van der Waals surface area contributed by atoms with Crippen LogP contribution in [-0.2, 0) is 9.53 Å². The molecule has 1 aliphatic heterocycles. The molecule has 7 heteroatoms. The van der Waals surface area contributed by atoms with Crippen molar-refractivity contribution in [2.75, 3.05) is 0 Å². The number of halogens is 1. The molecule has 0 amide bonds. The number of carbonyl (C=O) groups is 1. The molecule has 0 radical (unpaired) electrons. The lowest BCUT2D eigenvalue weighted by atomic mass is 10.2. The number of fused-ring (bicyclic) bond motifs is 1. The van der Waals surface area contributed by atoms with Gasteiger partial charge in [-0.05, 0) is 43.3 Å². The lowest BCUT2D eigenvalue weighted by Crippen LogP contribution is -2.23. The van der Waals surface area contributed by atoms with Crippen molar-refractivity contribution < 1.29 is 13.9 Å². The topological polar surface area (TPSA) is 61.2 Å². The molecule has 0 aliphatic carbocycles. The number of carbonyl (C=O) groups excluding carboxylic acids is 1. The molecule has 0 bridgehead atoms. The fraction of sp³-hybridized carbons (Fsp3) is 0.211. The van der Waals surface area contributed by atoms with E-state index in [9.17, 15) is 14.0 Å². The number of ether oxygens (including phenoxy) is 1. The van der Waals surface area contributed by atoms with Gasteiger partial charge in [-0.3, -0.25) is 14.2 Å². The van der Waals surface area contributed by atoms with Gasteiger partial charge in [0, 0.05) is 6.42 Å². The largest absolute Gasteiger partial charge is 0.462 e. The Bertz CT molecular complexity index is 1050. The molecule has 1 aliphatic rings. The molecule has 132 valence electrons. The summed E-state index contributed by atoms with van der Waals surface area (Å²) in [4.78, 5) is 29.7. The van der Waals surface area contributed by atoms with Gasteiger partial charge in [0.15, 0.2) is 5.16 Å². The minimum atomic E-state index is -0.426. The van der Waals surface area contributed by atoms with Gasteiger partial charge in [-0.15, -0.1) is 0 Å². The predicted molar refractivity (Wildman–Crippen MR) is 97.1 cm³/mol. The molecule has 1 aromatic heterocycles. The van der Waals surface area contributed by atoms with Crippen LogP contribution in [0.15, 0.2) is 58.5 Å². The summed E-state index contributed by atoms with van der Waals surface area (Å²) >= 11 is 1.20. The summed E-state index contributed by atoms with van der Waals surface area (Å²) in [7, 11) is 0. The summed E-state index contributed by atoms with van der Waals surface area (Å²) in [6, 6.07) is 12.6. The molecule has 0 unspecified atom stereocenters. The quantitative estimate of drug-likeness (QED) is 0.523. The Kier molecular flexibility index (Phi) is 4.24. The summed E-state index contributed by atoms with van der Waals surface area (Å²) in [5, 5.41) is 0.421. The van der Waals surface area contributed by atoms with Gasteiger partial charge in [0.2, 0.25) is 0 Å². The third-order valence-corrected chi connectivity index (χ3v) is 5.36. The predicted octanol–water partition coefficient (Wildman–Crippen LogP) is 3.32. The Morgan fingerprint density at radius 2 is 1.88 bits per heavy atom. The first kappa shape index (κ1) is 16.8. The molecule has 2 atom stereocenters. The van der Waals surface area contributed by atoms with Crippen molar-refractivity contribution in [2.24, 2.45) is 0 Å². The molecule has 5 nitrogen and oxygen atoms in total. The second-order valence-corrected chi connectivity index (χ2v) is 7.29. The van der Waals surface area contributed by atoms with Gasteiger partial charge in [0.1, 0.15) is 17.2 Å². The number of esters is 1. The van der Waals surface area contributed by atoms with Crippen LogP contribution < -0.4 is 5.56 Å². The molecule has 1 fully saturated rings. The highest BCUT2D eigenvalue weighted by molar-refractivity contribution is 8.00.